The molecule has 0 saturated carbocycles. The minimum Gasteiger partial charge on any atom is -0.489 e. The minimum atomic E-state index is 0. The van der Waals surface area contributed by atoms with Crippen molar-refractivity contribution in [1.29, 1.82) is 0 Å². The van der Waals surface area contributed by atoms with Crippen LogP contribution < -0.4 is 10.1 Å². The van der Waals surface area contributed by atoms with E-state index >= 15 is 0 Å². The molecule has 1 N–H and O–H groups in total. The molecule has 0 spiro atoms. The normalized spacial score (nSPS) is 10.2. The summed E-state index contributed by atoms with van der Waals surface area (Å²) in [7, 11) is 0. The Morgan fingerprint density at radius 2 is 1.67 bits per heavy atom. The third kappa shape index (κ3) is 4.38. The van der Waals surface area contributed by atoms with E-state index in [-0.39, 0.29) is 12.4 Å². The van der Waals surface area contributed by atoms with Gasteiger partial charge in [0, 0.05) is 18.7 Å². The number of hydrogen-bond acceptors (Lipinski definition) is 2. The van der Waals surface area contributed by atoms with Crippen LogP contribution in [-0.2, 0) is 13.2 Å². The van der Waals surface area contributed by atoms with Crippen LogP contribution >= 0.6 is 12.4 Å². The summed E-state index contributed by atoms with van der Waals surface area (Å²) >= 11 is 0. The maximum atomic E-state index is 6.10. The zero-order chi connectivity index (χ0) is 15.9. The first-order chi connectivity index (χ1) is 11.4. The van der Waals surface area contributed by atoms with Gasteiger partial charge in [0.15, 0.2) is 0 Å². The van der Waals surface area contributed by atoms with Crippen LogP contribution in [-0.4, -0.2) is 6.54 Å². The van der Waals surface area contributed by atoms with E-state index in [2.05, 4.69) is 60.4 Å². The van der Waals surface area contributed by atoms with Crippen LogP contribution in [0.2, 0.25) is 0 Å². The molecule has 3 aromatic carbocycles. The summed E-state index contributed by atoms with van der Waals surface area (Å²) in [4.78, 5) is 0. The molecular formula is C21H22ClNO. The first kappa shape index (κ1) is 18.1. The van der Waals surface area contributed by atoms with Gasteiger partial charge in [-0.25, -0.2) is 0 Å². The smallest absolute Gasteiger partial charge is 0.124 e. The fourth-order valence-corrected chi connectivity index (χ4v) is 2.67. The van der Waals surface area contributed by atoms with Crippen molar-refractivity contribution < 1.29 is 4.74 Å². The standard InChI is InChI=1S/C21H21NO.ClH/c1-2-14-22-15-20-19-11-7-6-10-18(19)12-13-21(20)23-16-17-8-4-3-5-9-17;/h2-13,22H,1,14-16H2;1H. The molecule has 3 aromatic rings. The SMILES string of the molecule is C=CCNCc1c(OCc2ccccc2)ccc2ccccc12.Cl. The average Bonchev–Trinajstić information content (AvgIpc) is 2.62. The molecule has 0 radical (unpaired) electrons. The van der Waals surface area contributed by atoms with Crippen LogP contribution in [0.3, 0.4) is 0 Å². The summed E-state index contributed by atoms with van der Waals surface area (Å²) in [5.74, 6) is 0.934. The third-order valence-electron chi connectivity index (χ3n) is 3.83. The fraction of sp³-hybridized carbons (Fsp3) is 0.143. The van der Waals surface area contributed by atoms with Crippen molar-refractivity contribution >= 4 is 23.2 Å². The third-order valence-corrected chi connectivity index (χ3v) is 3.83. The van der Waals surface area contributed by atoms with E-state index in [0.717, 1.165) is 18.8 Å². The number of halogens is 1. The minimum absolute atomic E-state index is 0. The van der Waals surface area contributed by atoms with Gasteiger partial charge >= 0.3 is 0 Å². The quantitative estimate of drug-likeness (QED) is 0.476. The summed E-state index contributed by atoms with van der Waals surface area (Å²) in [6, 6.07) is 22.8. The lowest BCUT2D eigenvalue weighted by atomic mass is 10.0. The van der Waals surface area contributed by atoms with E-state index in [1.807, 2.05) is 24.3 Å². The molecule has 0 aliphatic rings. The molecule has 3 heteroatoms. The summed E-state index contributed by atoms with van der Waals surface area (Å²) in [5, 5.41) is 5.85. The number of nitrogens with one attached hydrogen (secondary N) is 1. The van der Waals surface area contributed by atoms with Gasteiger partial charge in [-0.1, -0.05) is 66.7 Å². The van der Waals surface area contributed by atoms with Gasteiger partial charge in [0.2, 0.25) is 0 Å². The molecule has 0 unspecified atom stereocenters. The molecule has 0 aromatic heterocycles. The van der Waals surface area contributed by atoms with Crippen molar-refractivity contribution in [3.05, 3.63) is 90.5 Å². The Hall–Kier alpha value is -2.29. The van der Waals surface area contributed by atoms with Gasteiger partial charge in [0.25, 0.3) is 0 Å². The summed E-state index contributed by atoms with van der Waals surface area (Å²) in [6.45, 7) is 5.88. The van der Waals surface area contributed by atoms with E-state index in [1.54, 1.807) is 0 Å². The van der Waals surface area contributed by atoms with Gasteiger partial charge < -0.3 is 10.1 Å². The zero-order valence-electron chi connectivity index (χ0n) is 13.6. The monoisotopic (exact) mass is 339 g/mol. The Morgan fingerprint density at radius 1 is 0.917 bits per heavy atom. The zero-order valence-corrected chi connectivity index (χ0v) is 14.4. The molecule has 124 valence electrons. The molecule has 0 aliphatic carbocycles. The van der Waals surface area contributed by atoms with Crippen LogP contribution in [0.5, 0.6) is 5.75 Å². The second kappa shape index (κ2) is 9.11. The van der Waals surface area contributed by atoms with Crippen molar-refractivity contribution in [2.45, 2.75) is 13.2 Å². The fourth-order valence-electron chi connectivity index (χ4n) is 2.67. The van der Waals surface area contributed by atoms with E-state index < -0.39 is 0 Å². The first-order valence-electron chi connectivity index (χ1n) is 7.87. The van der Waals surface area contributed by atoms with Gasteiger partial charge in [-0.05, 0) is 22.4 Å². The number of hydrogen-bond donors (Lipinski definition) is 1. The van der Waals surface area contributed by atoms with Crippen LogP contribution in [0.25, 0.3) is 10.8 Å². The highest BCUT2D eigenvalue weighted by Crippen LogP contribution is 2.28. The lowest BCUT2D eigenvalue weighted by Gasteiger charge is -2.15. The van der Waals surface area contributed by atoms with Crippen LogP contribution in [0.4, 0.5) is 0 Å². The molecule has 0 heterocycles. The molecule has 3 rings (SSSR count). The Balaban J connectivity index is 0.00000208. The second-order valence-corrected chi connectivity index (χ2v) is 5.46. The molecule has 24 heavy (non-hydrogen) atoms. The summed E-state index contributed by atoms with van der Waals surface area (Å²) in [5.41, 5.74) is 2.37. The molecule has 0 saturated heterocycles. The highest BCUT2D eigenvalue weighted by molar-refractivity contribution is 5.87. The van der Waals surface area contributed by atoms with Crippen LogP contribution in [0, 0.1) is 0 Å². The van der Waals surface area contributed by atoms with Gasteiger partial charge in [0.05, 0.1) is 0 Å². The van der Waals surface area contributed by atoms with Crippen molar-refractivity contribution in [1.82, 2.24) is 5.32 Å². The van der Waals surface area contributed by atoms with E-state index in [9.17, 15) is 0 Å². The molecule has 2 nitrogen and oxygen atoms in total. The topological polar surface area (TPSA) is 21.3 Å². The summed E-state index contributed by atoms with van der Waals surface area (Å²) in [6.07, 6.45) is 1.87. The molecule has 0 fully saturated rings. The number of fused-ring (bicyclic) bond motifs is 1. The van der Waals surface area contributed by atoms with E-state index in [0.29, 0.717) is 6.61 Å². The highest BCUT2D eigenvalue weighted by Gasteiger charge is 2.08. The van der Waals surface area contributed by atoms with E-state index in [1.165, 1.54) is 21.9 Å². The maximum absolute atomic E-state index is 6.10. The lowest BCUT2D eigenvalue weighted by Crippen LogP contribution is -2.14. The number of benzene rings is 3. The molecule has 0 amide bonds. The highest BCUT2D eigenvalue weighted by atomic mass is 35.5. The van der Waals surface area contributed by atoms with Gasteiger partial charge in [-0.3, -0.25) is 0 Å². The van der Waals surface area contributed by atoms with Crippen molar-refractivity contribution in [2.75, 3.05) is 6.54 Å². The molecule has 0 bridgehead atoms. The Kier molecular flexibility index (Phi) is 6.86. The van der Waals surface area contributed by atoms with Gasteiger partial charge in [-0.15, -0.1) is 19.0 Å². The van der Waals surface area contributed by atoms with Crippen molar-refractivity contribution in [3.8, 4) is 5.75 Å². The molecular weight excluding hydrogens is 318 g/mol. The largest absolute Gasteiger partial charge is 0.489 e. The van der Waals surface area contributed by atoms with Crippen LogP contribution in [0.1, 0.15) is 11.1 Å². The molecule has 0 aliphatic heterocycles. The molecule has 0 atom stereocenters. The van der Waals surface area contributed by atoms with Crippen molar-refractivity contribution in [3.63, 3.8) is 0 Å². The average molecular weight is 340 g/mol. The second-order valence-electron chi connectivity index (χ2n) is 5.46. The van der Waals surface area contributed by atoms with Crippen LogP contribution in [0.15, 0.2) is 79.4 Å². The summed E-state index contributed by atoms with van der Waals surface area (Å²) < 4.78 is 6.10. The van der Waals surface area contributed by atoms with E-state index in [4.69, 9.17) is 4.74 Å². The Bertz CT molecular complexity index is 786. The first-order valence-corrected chi connectivity index (χ1v) is 7.87. The Labute approximate surface area is 149 Å². The predicted molar refractivity (Wildman–Crippen MR) is 104 cm³/mol. The van der Waals surface area contributed by atoms with Crippen molar-refractivity contribution in [2.24, 2.45) is 0 Å². The van der Waals surface area contributed by atoms with Gasteiger partial charge in [-0.2, -0.15) is 0 Å². The van der Waals surface area contributed by atoms with Gasteiger partial charge in [0.1, 0.15) is 12.4 Å². The maximum Gasteiger partial charge on any atom is 0.124 e. The Morgan fingerprint density at radius 3 is 2.46 bits per heavy atom. The lowest BCUT2D eigenvalue weighted by molar-refractivity contribution is 0.303. The predicted octanol–water partition coefficient (Wildman–Crippen LogP) is 5.12. The number of rotatable bonds is 7. The number of ether oxygens (including phenoxy) is 1.